The van der Waals surface area contributed by atoms with Gasteiger partial charge in [0.1, 0.15) is 0 Å². The third-order valence-electron chi connectivity index (χ3n) is 3.90. The molecule has 0 aliphatic carbocycles. The Kier molecular flexibility index (Phi) is 3.15. The predicted octanol–water partition coefficient (Wildman–Crippen LogP) is 6.26. The first-order valence-corrected chi connectivity index (χ1v) is 8.07. The normalized spacial score (nSPS) is 11.1. The van der Waals surface area contributed by atoms with Gasteiger partial charge in [-0.15, -0.1) is 0 Å². The molecule has 0 unspecified atom stereocenters. The van der Waals surface area contributed by atoms with Crippen molar-refractivity contribution >= 4 is 44.1 Å². The quantitative estimate of drug-likeness (QED) is 0.270. The lowest BCUT2D eigenvalue weighted by atomic mass is 9.97. The van der Waals surface area contributed by atoms with Crippen molar-refractivity contribution in [2.45, 2.75) is 0 Å². The van der Waals surface area contributed by atoms with Crippen LogP contribution in [0.3, 0.4) is 0 Å². The van der Waals surface area contributed by atoms with Gasteiger partial charge in [-0.3, -0.25) is 0 Å². The molecule has 0 aliphatic heterocycles. The molecule has 0 N–H and O–H groups in total. The van der Waals surface area contributed by atoms with Crippen LogP contribution in [0.15, 0.2) is 78.9 Å². The summed E-state index contributed by atoms with van der Waals surface area (Å²) in [5, 5.41) is 5.25. The van der Waals surface area contributed by atoms with Crippen molar-refractivity contribution in [2.24, 2.45) is 0 Å². The van der Waals surface area contributed by atoms with Crippen LogP contribution in [0.1, 0.15) is 0 Å². The van der Waals surface area contributed by atoms with Crippen LogP contribution in [0.2, 0.25) is 0 Å². The maximum Gasteiger partial charge on any atom is 0.0136 e. The summed E-state index contributed by atoms with van der Waals surface area (Å²) >= 11 is 2.36. The minimum Gasteiger partial charge on any atom is -0.0622 e. The molecule has 0 aromatic heterocycles. The number of fused-ring (bicyclic) bond motifs is 3. The molecule has 0 saturated carbocycles. The first kappa shape index (κ1) is 12.8. The number of benzene rings is 4. The highest BCUT2D eigenvalue weighted by atomic mass is 127. The van der Waals surface area contributed by atoms with Crippen molar-refractivity contribution in [3.05, 3.63) is 82.4 Å². The van der Waals surface area contributed by atoms with E-state index in [2.05, 4.69) is 101 Å². The third-order valence-corrected chi connectivity index (χ3v) is 4.58. The van der Waals surface area contributed by atoms with E-state index in [0.29, 0.717) is 0 Å². The fourth-order valence-electron chi connectivity index (χ4n) is 2.85. The Morgan fingerprint density at radius 1 is 0.524 bits per heavy atom. The number of halogens is 1. The molecule has 0 bridgehead atoms. The highest BCUT2D eigenvalue weighted by Gasteiger charge is 2.03. The summed E-state index contributed by atoms with van der Waals surface area (Å²) < 4.78 is 1.28. The van der Waals surface area contributed by atoms with Gasteiger partial charge in [0.2, 0.25) is 0 Å². The van der Waals surface area contributed by atoms with Gasteiger partial charge in [0.15, 0.2) is 0 Å². The van der Waals surface area contributed by atoms with Gasteiger partial charge in [-0.25, -0.2) is 0 Å². The summed E-state index contributed by atoms with van der Waals surface area (Å²) in [5.74, 6) is 0. The second kappa shape index (κ2) is 5.15. The maximum atomic E-state index is 2.36. The molecule has 0 atom stereocenters. The number of rotatable bonds is 1. The van der Waals surface area contributed by atoms with E-state index in [-0.39, 0.29) is 0 Å². The molecule has 4 aromatic carbocycles. The van der Waals surface area contributed by atoms with E-state index in [0.717, 1.165) is 0 Å². The van der Waals surface area contributed by atoms with Crippen molar-refractivity contribution in [3.63, 3.8) is 0 Å². The fraction of sp³-hybridized carbons (Fsp3) is 0. The van der Waals surface area contributed by atoms with Gasteiger partial charge in [-0.1, -0.05) is 60.7 Å². The van der Waals surface area contributed by atoms with Gasteiger partial charge in [0.25, 0.3) is 0 Å². The lowest BCUT2D eigenvalue weighted by Gasteiger charge is -2.07. The molecule has 4 aromatic rings. The molecule has 0 heterocycles. The molecule has 0 aliphatic rings. The van der Waals surface area contributed by atoms with Crippen LogP contribution in [0, 0.1) is 3.57 Å². The van der Waals surface area contributed by atoms with Crippen molar-refractivity contribution in [2.75, 3.05) is 0 Å². The van der Waals surface area contributed by atoms with Gasteiger partial charge in [0, 0.05) is 3.57 Å². The predicted molar refractivity (Wildman–Crippen MR) is 99.6 cm³/mol. The van der Waals surface area contributed by atoms with Crippen LogP contribution in [-0.4, -0.2) is 0 Å². The van der Waals surface area contributed by atoms with Crippen LogP contribution in [0.25, 0.3) is 32.7 Å². The zero-order valence-corrected chi connectivity index (χ0v) is 13.5. The second-order valence-electron chi connectivity index (χ2n) is 5.23. The molecular weight excluding hydrogens is 367 g/mol. The summed E-state index contributed by atoms with van der Waals surface area (Å²) in [6, 6.07) is 28.4. The Balaban J connectivity index is 1.97. The highest BCUT2D eigenvalue weighted by molar-refractivity contribution is 14.1. The summed E-state index contributed by atoms with van der Waals surface area (Å²) in [5.41, 5.74) is 2.54. The first-order chi connectivity index (χ1) is 10.3. The van der Waals surface area contributed by atoms with E-state index in [4.69, 9.17) is 0 Å². The lowest BCUT2D eigenvalue weighted by molar-refractivity contribution is 1.65. The first-order valence-electron chi connectivity index (χ1n) is 6.99. The molecule has 0 nitrogen and oxygen atoms in total. The van der Waals surface area contributed by atoms with E-state index in [1.165, 1.54) is 36.2 Å². The Bertz CT molecular complexity index is 940. The maximum absolute atomic E-state index is 2.36. The lowest BCUT2D eigenvalue weighted by Crippen LogP contribution is -1.81. The van der Waals surface area contributed by atoms with E-state index in [1.807, 2.05) is 0 Å². The van der Waals surface area contributed by atoms with E-state index < -0.39 is 0 Å². The Morgan fingerprint density at radius 3 is 1.95 bits per heavy atom. The SMILES string of the molecule is Ic1ccc2c(ccc3cc(-c4ccccc4)ccc32)c1. The molecule has 1 heteroatoms. The van der Waals surface area contributed by atoms with Crippen molar-refractivity contribution in [1.29, 1.82) is 0 Å². The minimum atomic E-state index is 1.27. The smallest absolute Gasteiger partial charge is 0.0136 e. The summed E-state index contributed by atoms with van der Waals surface area (Å²) in [7, 11) is 0. The van der Waals surface area contributed by atoms with Crippen molar-refractivity contribution in [3.8, 4) is 11.1 Å². The average Bonchev–Trinajstić information content (AvgIpc) is 2.54. The van der Waals surface area contributed by atoms with Gasteiger partial charge in [0.05, 0.1) is 0 Å². The molecule has 0 spiro atoms. The molecule has 0 fully saturated rings. The van der Waals surface area contributed by atoms with Crippen LogP contribution in [0.4, 0.5) is 0 Å². The molecule has 0 amide bonds. The Labute approximate surface area is 137 Å². The van der Waals surface area contributed by atoms with E-state index in [9.17, 15) is 0 Å². The van der Waals surface area contributed by atoms with Gasteiger partial charge < -0.3 is 0 Å². The zero-order valence-electron chi connectivity index (χ0n) is 11.4. The zero-order chi connectivity index (χ0) is 14.2. The molecular formula is C20H13I. The topological polar surface area (TPSA) is 0 Å². The van der Waals surface area contributed by atoms with Gasteiger partial charge in [-0.05, 0) is 73.5 Å². The van der Waals surface area contributed by atoms with Gasteiger partial charge in [-0.2, -0.15) is 0 Å². The molecule has 21 heavy (non-hydrogen) atoms. The highest BCUT2D eigenvalue weighted by Crippen LogP contribution is 2.30. The molecule has 0 radical (unpaired) electrons. The Hall–Kier alpha value is -1.87. The number of hydrogen-bond acceptors (Lipinski definition) is 0. The van der Waals surface area contributed by atoms with Crippen LogP contribution >= 0.6 is 22.6 Å². The standard InChI is InChI=1S/C20H13I/c21-18-9-11-20-17(13-18)7-6-16-12-15(8-10-19(16)20)14-4-2-1-3-5-14/h1-13H. The molecule has 4 rings (SSSR count). The monoisotopic (exact) mass is 380 g/mol. The van der Waals surface area contributed by atoms with E-state index >= 15 is 0 Å². The Morgan fingerprint density at radius 2 is 1.19 bits per heavy atom. The van der Waals surface area contributed by atoms with Crippen LogP contribution < -0.4 is 0 Å². The summed E-state index contributed by atoms with van der Waals surface area (Å²) in [6.07, 6.45) is 0. The number of hydrogen-bond donors (Lipinski definition) is 0. The van der Waals surface area contributed by atoms with Gasteiger partial charge >= 0.3 is 0 Å². The largest absolute Gasteiger partial charge is 0.0622 e. The van der Waals surface area contributed by atoms with Crippen LogP contribution in [-0.2, 0) is 0 Å². The second-order valence-corrected chi connectivity index (χ2v) is 6.48. The van der Waals surface area contributed by atoms with Crippen LogP contribution in [0.5, 0.6) is 0 Å². The van der Waals surface area contributed by atoms with Crippen molar-refractivity contribution < 1.29 is 0 Å². The summed E-state index contributed by atoms with van der Waals surface area (Å²) in [6.45, 7) is 0. The minimum absolute atomic E-state index is 1.27. The molecule has 100 valence electrons. The average molecular weight is 380 g/mol. The third kappa shape index (κ3) is 2.32. The summed E-state index contributed by atoms with van der Waals surface area (Å²) in [4.78, 5) is 0. The molecule has 0 saturated heterocycles. The fourth-order valence-corrected chi connectivity index (χ4v) is 3.37. The van der Waals surface area contributed by atoms with E-state index in [1.54, 1.807) is 0 Å². The van der Waals surface area contributed by atoms with Crippen molar-refractivity contribution in [1.82, 2.24) is 0 Å².